The highest BCUT2D eigenvalue weighted by atomic mass is 16.5. The minimum atomic E-state index is -0.143. The summed E-state index contributed by atoms with van der Waals surface area (Å²) in [6, 6.07) is -0.143. The zero-order valence-corrected chi connectivity index (χ0v) is 13.3. The number of esters is 1. The first-order valence-corrected chi connectivity index (χ1v) is 7.98. The van der Waals surface area contributed by atoms with Crippen molar-refractivity contribution in [3.8, 4) is 0 Å². The summed E-state index contributed by atoms with van der Waals surface area (Å²) in [6.45, 7) is 7.36. The zero-order valence-electron chi connectivity index (χ0n) is 13.3. The van der Waals surface area contributed by atoms with Gasteiger partial charge in [0.15, 0.2) is 0 Å². The molecule has 0 bridgehead atoms. The normalized spacial score (nSPS) is 14.1. The van der Waals surface area contributed by atoms with Crippen molar-refractivity contribution in [2.75, 3.05) is 13.7 Å². The van der Waals surface area contributed by atoms with Crippen molar-refractivity contribution in [1.82, 2.24) is 5.32 Å². The van der Waals surface area contributed by atoms with Crippen molar-refractivity contribution >= 4 is 5.97 Å². The Morgan fingerprint density at radius 1 is 1.05 bits per heavy atom. The Morgan fingerprint density at radius 2 is 1.63 bits per heavy atom. The van der Waals surface area contributed by atoms with Gasteiger partial charge in [-0.15, -0.1) is 0 Å². The lowest BCUT2D eigenvalue weighted by Crippen LogP contribution is -2.42. The van der Waals surface area contributed by atoms with E-state index in [-0.39, 0.29) is 12.0 Å². The molecule has 0 aliphatic carbocycles. The van der Waals surface area contributed by atoms with Gasteiger partial charge in [-0.25, -0.2) is 0 Å². The second-order valence-electron chi connectivity index (χ2n) is 5.46. The fourth-order valence-electron chi connectivity index (χ4n) is 2.22. The summed E-state index contributed by atoms with van der Waals surface area (Å²) < 4.78 is 4.86. The molecule has 2 atom stereocenters. The van der Waals surface area contributed by atoms with E-state index in [1.54, 1.807) is 0 Å². The van der Waals surface area contributed by atoms with Gasteiger partial charge in [0.1, 0.15) is 6.04 Å². The highest BCUT2D eigenvalue weighted by molar-refractivity contribution is 5.75. The highest BCUT2D eigenvalue weighted by Gasteiger charge is 2.23. The van der Waals surface area contributed by atoms with Crippen molar-refractivity contribution in [2.45, 2.75) is 78.2 Å². The molecule has 0 unspecified atom stereocenters. The molecule has 1 N–H and O–H groups in total. The van der Waals surface area contributed by atoms with Gasteiger partial charge in [-0.2, -0.15) is 0 Å². The Bertz CT molecular complexity index is 219. The predicted octanol–water partition coefficient (Wildman–Crippen LogP) is 3.91. The molecule has 3 nitrogen and oxygen atoms in total. The van der Waals surface area contributed by atoms with Crippen LogP contribution in [0.2, 0.25) is 0 Å². The molecule has 0 aliphatic heterocycles. The van der Waals surface area contributed by atoms with Gasteiger partial charge in [-0.3, -0.25) is 4.79 Å². The van der Waals surface area contributed by atoms with Crippen LogP contribution in [0.1, 0.15) is 72.1 Å². The van der Waals surface area contributed by atoms with Crippen LogP contribution in [-0.4, -0.2) is 25.7 Å². The van der Waals surface area contributed by atoms with Gasteiger partial charge in [0, 0.05) is 0 Å². The summed E-state index contributed by atoms with van der Waals surface area (Å²) in [4.78, 5) is 11.7. The van der Waals surface area contributed by atoms with Crippen LogP contribution >= 0.6 is 0 Å². The zero-order chi connectivity index (χ0) is 14.5. The molecule has 0 saturated heterocycles. The predicted molar refractivity (Wildman–Crippen MR) is 81.3 cm³/mol. The highest BCUT2D eigenvalue weighted by Crippen LogP contribution is 2.10. The minimum Gasteiger partial charge on any atom is -0.468 e. The Kier molecular flexibility index (Phi) is 12.1. The number of carbonyl (C=O) groups is 1. The molecule has 0 saturated carbocycles. The molecule has 0 aromatic carbocycles. The average molecular weight is 271 g/mol. The summed E-state index contributed by atoms with van der Waals surface area (Å²) in [7, 11) is 1.47. The largest absolute Gasteiger partial charge is 0.468 e. The molecule has 19 heavy (non-hydrogen) atoms. The number of carbonyl (C=O) groups excluding carboxylic acids is 1. The third-order valence-electron chi connectivity index (χ3n) is 3.81. The maximum Gasteiger partial charge on any atom is 0.323 e. The third-order valence-corrected chi connectivity index (χ3v) is 3.81. The Hall–Kier alpha value is -0.570. The molecule has 3 heteroatoms. The van der Waals surface area contributed by atoms with E-state index in [0.29, 0.717) is 5.92 Å². The summed E-state index contributed by atoms with van der Waals surface area (Å²) in [5.74, 6) is 0.203. The Labute approximate surface area is 119 Å². The number of unbranched alkanes of at least 4 members (excludes halogenated alkanes) is 6. The number of hydrogen-bond donors (Lipinski definition) is 1. The lowest BCUT2D eigenvalue weighted by molar-refractivity contribution is -0.144. The smallest absolute Gasteiger partial charge is 0.323 e. The Balaban J connectivity index is 3.67. The summed E-state index contributed by atoms with van der Waals surface area (Å²) in [5, 5.41) is 3.35. The minimum absolute atomic E-state index is 0.128. The van der Waals surface area contributed by atoms with E-state index in [9.17, 15) is 4.79 Å². The average Bonchev–Trinajstić information content (AvgIpc) is 2.44. The SMILES string of the molecule is CCCCCCCCCN[C@H](C(=O)OC)[C@@H](C)CC. The molecule has 0 aliphatic rings. The molecule has 0 rings (SSSR count). The van der Waals surface area contributed by atoms with Crippen molar-refractivity contribution in [3.63, 3.8) is 0 Å². The first-order chi connectivity index (χ1) is 9.17. The maximum absolute atomic E-state index is 11.7. The van der Waals surface area contributed by atoms with Crippen molar-refractivity contribution in [3.05, 3.63) is 0 Å². The number of nitrogens with one attached hydrogen (secondary N) is 1. The fraction of sp³-hybridized carbons (Fsp3) is 0.938. The number of ether oxygens (including phenoxy) is 1. The van der Waals surface area contributed by atoms with E-state index >= 15 is 0 Å². The van der Waals surface area contributed by atoms with Gasteiger partial charge >= 0.3 is 5.97 Å². The molecule has 0 radical (unpaired) electrons. The summed E-state index contributed by atoms with van der Waals surface area (Å²) in [5.41, 5.74) is 0. The van der Waals surface area contributed by atoms with E-state index in [4.69, 9.17) is 4.74 Å². The van der Waals surface area contributed by atoms with Crippen LogP contribution in [0.3, 0.4) is 0 Å². The van der Waals surface area contributed by atoms with E-state index in [0.717, 1.165) is 19.4 Å². The van der Waals surface area contributed by atoms with Crippen molar-refractivity contribution in [2.24, 2.45) is 5.92 Å². The van der Waals surface area contributed by atoms with Crippen LogP contribution in [0.4, 0.5) is 0 Å². The number of hydrogen-bond acceptors (Lipinski definition) is 3. The third kappa shape index (κ3) is 9.04. The second kappa shape index (κ2) is 12.5. The van der Waals surface area contributed by atoms with Crippen LogP contribution in [-0.2, 0) is 9.53 Å². The Morgan fingerprint density at radius 3 is 2.16 bits per heavy atom. The van der Waals surface area contributed by atoms with E-state index in [1.807, 2.05) is 0 Å². The van der Waals surface area contributed by atoms with Crippen LogP contribution in [0.5, 0.6) is 0 Å². The molecular weight excluding hydrogens is 238 g/mol. The van der Waals surface area contributed by atoms with Crippen molar-refractivity contribution < 1.29 is 9.53 Å². The molecular formula is C16H33NO2. The maximum atomic E-state index is 11.7. The molecule has 114 valence electrons. The van der Waals surface area contributed by atoms with Gasteiger partial charge < -0.3 is 10.1 Å². The molecule has 0 heterocycles. The number of methoxy groups -OCH3 is 1. The molecule has 0 aromatic rings. The second-order valence-corrected chi connectivity index (χ2v) is 5.46. The first-order valence-electron chi connectivity index (χ1n) is 7.98. The monoisotopic (exact) mass is 271 g/mol. The van der Waals surface area contributed by atoms with Gasteiger partial charge in [0.05, 0.1) is 7.11 Å². The topological polar surface area (TPSA) is 38.3 Å². The van der Waals surface area contributed by atoms with Gasteiger partial charge in [-0.1, -0.05) is 65.7 Å². The fourth-order valence-corrected chi connectivity index (χ4v) is 2.22. The van der Waals surface area contributed by atoms with Crippen LogP contribution in [0.25, 0.3) is 0 Å². The van der Waals surface area contributed by atoms with Crippen LogP contribution in [0.15, 0.2) is 0 Å². The lowest BCUT2D eigenvalue weighted by atomic mass is 9.99. The van der Waals surface area contributed by atoms with Crippen LogP contribution < -0.4 is 5.32 Å². The van der Waals surface area contributed by atoms with Crippen molar-refractivity contribution in [1.29, 1.82) is 0 Å². The molecule has 0 fully saturated rings. The van der Waals surface area contributed by atoms with Gasteiger partial charge in [-0.05, 0) is 18.9 Å². The van der Waals surface area contributed by atoms with E-state index in [2.05, 4.69) is 26.1 Å². The summed E-state index contributed by atoms with van der Waals surface area (Å²) >= 11 is 0. The summed E-state index contributed by atoms with van der Waals surface area (Å²) in [6.07, 6.45) is 10.1. The molecule has 0 amide bonds. The van der Waals surface area contributed by atoms with Gasteiger partial charge in [0.25, 0.3) is 0 Å². The molecule has 0 spiro atoms. The first kappa shape index (κ1) is 18.4. The van der Waals surface area contributed by atoms with E-state index in [1.165, 1.54) is 45.6 Å². The molecule has 0 aromatic heterocycles. The lowest BCUT2D eigenvalue weighted by Gasteiger charge is -2.21. The standard InChI is InChI=1S/C16H33NO2/c1-5-7-8-9-10-11-12-13-17-15(14(3)6-2)16(18)19-4/h14-15,17H,5-13H2,1-4H3/t14-,15-/m0/s1. The quantitative estimate of drug-likeness (QED) is 0.432. The van der Waals surface area contributed by atoms with Crippen LogP contribution in [0, 0.1) is 5.92 Å². The van der Waals surface area contributed by atoms with E-state index < -0.39 is 0 Å². The van der Waals surface area contributed by atoms with Gasteiger partial charge in [0.2, 0.25) is 0 Å². The number of rotatable bonds is 12.